The van der Waals surface area contributed by atoms with Crippen LogP contribution in [0.2, 0.25) is 0 Å². The molecule has 0 spiro atoms. The van der Waals surface area contributed by atoms with E-state index in [0.29, 0.717) is 83.8 Å². The SMILES string of the molecule is CC(C)(O)C(=O)N1CC=C(c2cc(-c3ccccc3O)nnc2N)CC1.CC(C)(O)C(=O)N1CCC(c2cc(-c3ccccc3O)nnc2N)CC1.Nc1nnc(-c2ccccc2O)cc1C1=CCNCC1. The zero-order valence-corrected chi connectivity index (χ0v) is 40.8. The van der Waals surface area contributed by atoms with E-state index in [2.05, 4.69) is 42.0 Å². The molecule has 72 heavy (non-hydrogen) atoms. The van der Waals surface area contributed by atoms with Gasteiger partial charge in [-0.2, -0.15) is 0 Å². The molecule has 1 saturated heterocycles. The van der Waals surface area contributed by atoms with Gasteiger partial charge < -0.3 is 57.9 Å². The van der Waals surface area contributed by atoms with Crippen molar-refractivity contribution in [2.45, 2.75) is 70.5 Å². The van der Waals surface area contributed by atoms with E-state index in [0.717, 1.165) is 54.6 Å². The highest BCUT2D eigenvalue weighted by atomic mass is 16.3. The van der Waals surface area contributed by atoms with Gasteiger partial charge in [0.25, 0.3) is 11.8 Å². The zero-order valence-electron chi connectivity index (χ0n) is 40.8. The summed E-state index contributed by atoms with van der Waals surface area (Å²) < 4.78 is 0. The number of nitrogen functional groups attached to an aromatic ring is 3. The fourth-order valence-electron chi connectivity index (χ4n) is 8.66. The Morgan fingerprint density at radius 3 is 1.40 bits per heavy atom. The van der Waals surface area contributed by atoms with Gasteiger partial charge in [0.15, 0.2) is 11.6 Å². The number of hydrogen-bond donors (Lipinski definition) is 9. The molecular formula is C53H62N12O7. The molecule has 19 nitrogen and oxygen atoms in total. The van der Waals surface area contributed by atoms with E-state index in [1.807, 2.05) is 42.5 Å². The molecular weight excluding hydrogens is 917 g/mol. The van der Waals surface area contributed by atoms with Gasteiger partial charge in [-0.3, -0.25) is 9.59 Å². The van der Waals surface area contributed by atoms with Crippen LogP contribution >= 0.6 is 0 Å². The summed E-state index contributed by atoms with van der Waals surface area (Å²) >= 11 is 0. The lowest BCUT2D eigenvalue weighted by Gasteiger charge is -2.35. The van der Waals surface area contributed by atoms with Crippen LogP contribution < -0.4 is 22.5 Å². The summed E-state index contributed by atoms with van der Waals surface area (Å²) in [5, 5.41) is 77.4. The van der Waals surface area contributed by atoms with Crippen LogP contribution in [0.4, 0.5) is 17.5 Å². The predicted molar refractivity (Wildman–Crippen MR) is 276 cm³/mol. The number of aliphatic hydroxyl groups is 2. The number of aromatic hydroxyl groups is 3. The molecule has 0 aliphatic carbocycles. The molecule has 3 aliphatic heterocycles. The molecule has 1 fully saturated rings. The molecule has 0 atom stereocenters. The van der Waals surface area contributed by atoms with Crippen molar-refractivity contribution in [3.8, 4) is 51.0 Å². The number of amides is 2. The summed E-state index contributed by atoms with van der Waals surface area (Å²) in [6, 6.07) is 26.5. The lowest BCUT2D eigenvalue weighted by Crippen LogP contribution is -2.48. The maximum absolute atomic E-state index is 12.2. The molecule has 6 heterocycles. The van der Waals surface area contributed by atoms with Crippen LogP contribution in [0.3, 0.4) is 0 Å². The number of piperidine rings is 1. The first-order valence-corrected chi connectivity index (χ1v) is 23.7. The van der Waals surface area contributed by atoms with Gasteiger partial charge in [0, 0.05) is 66.1 Å². The average molecular weight is 979 g/mol. The minimum atomic E-state index is -1.39. The number of para-hydroxylation sites is 3. The number of likely N-dealkylation sites (tertiary alicyclic amines) is 1. The Morgan fingerprint density at radius 2 is 0.986 bits per heavy atom. The quantitative estimate of drug-likeness (QED) is 0.0905. The molecule has 9 rings (SSSR count). The number of nitrogens with zero attached hydrogens (tertiary/aromatic N) is 8. The number of nitrogens with two attached hydrogens (primary N) is 3. The average Bonchev–Trinajstić information content (AvgIpc) is 3.37. The van der Waals surface area contributed by atoms with Crippen LogP contribution in [0.5, 0.6) is 17.2 Å². The molecule has 2 amide bonds. The first-order chi connectivity index (χ1) is 34.3. The van der Waals surface area contributed by atoms with Crippen molar-refractivity contribution in [1.82, 2.24) is 45.7 Å². The summed E-state index contributed by atoms with van der Waals surface area (Å²) in [5.74, 6) is 1.15. The second-order valence-corrected chi connectivity index (χ2v) is 18.8. The number of anilines is 3. The number of carbonyl (C=O) groups excluding carboxylic acids is 2. The van der Waals surface area contributed by atoms with Crippen LogP contribution in [-0.2, 0) is 9.59 Å². The van der Waals surface area contributed by atoms with Gasteiger partial charge in [-0.15, -0.1) is 30.6 Å². The van der Waals surface area contributed by atoms with Crippen molar-refractivity contribution in [2.24, 2.45) is 0 Å². The second-order valence-electron chi connectivity index (χ2n) is 18.8. The van der Waals surface area contributed by atoms with Gasteiger partial charge in [-0.25, -0.2) is 0 Å². The van der Waals surface area contributed by atoms with Crippen molar-refractivity contribution in [3.05, 3.63) is 120 Å². The number of carbonyl (C=O) groups is 2. The van der Waals surface area contributed by atoms with Gasteiger partial charge >= 0.3 is 0 Å². The molecule has 3 aliphatic rings. The van der Waals surface area contributed by atoms with E-state index >= 15 is 0 Å². The highest BCUT2D eigenvalue weighted by Crippen LogP contribution is 2.37. The number of phenolic OH excluding ortho intramolecular Hbond substituents is 3. The molecule has 3 aromatic heterocycles. The smallest absolute Gasteiger partial charge is 0.254 e. The third-order valence-electron chi connectivity index (χ3n) is 12.6. The van der Waals surface area contributed by atoms with Gasteiger partial charge in [0.1, 0.15) is 34.3 Å². The first kappa shape index (κ1) is 51.8. The van der Waals surface area contributed by atoms with Gasteiger partial charge in [0.05, 0.1) is 17.1 Å². The second kappa shape index (κ2) is 22.4. The Kier molecular flexibility index (Phi) is 16.1. The van der Waals surface area contributed by atoms with E-state index in [-0.39, 0.29) is 35.0 Å². The Bertz CT molecular complexity index is 2980. The predicted octanol–water partition coefficient (Wildman–Crippen LogP) is 5.53. The molecule has 0 unspecified atom stereocenters. The van der Waals surface area contributed by atoms with Crippen molar-refractivity contribution in [1.29, 1.82) is 0 Å². The van der Waals surface area contributed by atoms with Crippen molar-refractivity contribution in [3.63, 3.8) is 0 Å². The standard InChI is InChI=1S/C19H24N4O3.C19H22N4O3.C15H16N4O/c2*1-19(2,26)18(25)23-9-7-12(8-10-23)14-11-15(21-22-17(14)20)13-5-3-4-6-16(13)24;16-15-12(10-5-7-17-8-6-10)9-13(18-19-15)11-3-1-2-4-14(11)20/h3-6,11-12,24,26H,7-10H2,1-2H3,(H2,20,22);3-7,11,24,26H,8-10H2,1-2H3,(H2,20,22);1-5,9,17,20H,6-8H2,(H2,16,19). The Morgan fingerprint density at radius 1 is 0.556 bits per heavy atom. The lowest BCUT2D eigenvalue weighted by molar-refractivity contribution is -0.149. The van der Waals surface area contributed by atoms with Gasteiger partial charge in [0.2, 0.25) is 0 Å². The maximum atomic E-state index is 12.2. The van der Waals surface area contributed by atoms with E-state index in [4.69, 9.17) is 17.2 Å². The first-order valence-electron chi connectivity index (χ1n) is 23.7. The van der Waals surface area contributed by atoms with E-state index in [1.165, 1.54) is 33.3 Å². The zero-order chi connectivity index (χ0) is 51.7. The fourth-order valence-corrected chi connectivity index (χ4v) is 8.66. The molecule has 0 saturated carbocycles. The summed E-state index contributed by atoms with van der Waals surface area (Å²) in [6.45, 7) is 9.74. The van der Waals surface area contributed by atoms with E-state index in [9.17, 15) is 35.1 Å². The Balaban J connectivity index is 0.000000160. The Labute approximate surface area is 417 Å². The van der Waals surface area contributed by atoms with Crippen LogP contribution in [0.15, 0.2) is 103 Å². The number of benzene rings is 3. The molecule has 0 bridgehead atoms. The largest absolute Gasteiger partial charge is 0.507 e. The topological polar surface area (TPSA) is 309 Å². The highest BCUT2D eigenvalue weighted by molar-refractivity contribution is 5.86. The number of aromatic nitrogens is 6. The van der Waals surface area contributed by atoms with Crippen LogP contribution in [0.1, 0.15) is 76.0 Å². The monoisotopic (exact) mass is 978 g/mol. The third kappa shape index (κ3) is 12.5. The molecule has 376 valence electrons. The Hall–Kier alpha value is -8.00. The number of phenols is 3. The molecule has 6 aromatic rings. The fraction of sp³-hybridized carbons (Fsp3) is 0.321. The summed E-state index contributed by atoms with van der Waals surface area (Å²) in [7, 11) is 0. The summed E-state index contributed by atoms with van der Waals surface area (Å²) in [4.78, 5) is 27.7. The molecule has 12 N–H and O–H groups in total. The number of hydrogen-bond acceptors (Lipinski definition) is 17. The highest BCUT2D eigenvalue weighted by Gasteiger charge is 2.34. The third-order valence-corrected chi connectivity index (χ3v) is 12.6. The molecule has 0 radical (unpaired) electrons. The molecule has 19 heteroatoms. The van der Waals surface area contributed by atoms with Crippen LogP contribution in [-0.4, -0.2) is 128 Å². The van der Waals surface area contributed by atoms with Crippen LogP contribution in [0.25, 0.3) is 44.9 Å². The van der Waals surface area contributed by atoms with Crippen LogP contribution in [0, 0.1) is 0 Å². The maximum Gasteiger partial charge on any atom is 0.254 e. The minimum absolute atomic E-state index is 0.122. The van der Waals surface area contributed by atoms with E-state index in [1.54, 1.807) is 64.4 Å². The number of nitrogens with one attached hydrogen (secondary N) is 1. The van der Waals surface area contributed by atoms with Crippen molar-refractivity contribution >= 4 is 40.4 Å². The lowest BCUT2D eigenvalue weighted by atomic mass is 9.88. The molecule has 3 aromatic carbocycles. The van der Waals surface area contributed by atoms with Gasteiger partial charge in [-0.1, -0.05) is 48.6 Å². The van der Waals surface area contributed by atoms with Crippen molar-refractivity contribution in [2.75, 3.05) is 56.5 Å². The minimum Gasteiger partial charge on any atom is -0.507 e. The van der Waals surface area contributed by atoms with Gasteiger partial charge in [-0.05, 0) is 132 Å². The normalized spacial score (nSPS) is 15.2. The summed E-state index contributed by atoms with van der Waals surface area (Å²) in [5.41, 5.74) is 23.5. The van der Waals surface area contributed by atoms with Crippen molar-refractivity contribution < 1.29 is 35.1 Å². The number of rotatable bonds is 8. The summed E-state index contributed by atoms with van der Waals surface area (Å²) in [6.07, 6.45) is 7.00. The van der Waals surface area contributed by atoms with E-state index < -0.39 is 11.2 Å².